The van der Waals surface area contributed by atoms with E-state index in [0.717, 1.165) is 0 Å². The van der Waals surface area contributed by atoms with Crippen LogP contribution in [0.2, 0.25) is 0 Å². The fourth-order valence-electron chi connectivity index (χ4n) is 0.817. The molecule has 0 aliphatic rings. The third-order valence-corrected chi connectivity index (χ3v) is 2.31. The predicted octanol–water partition coefficient (Wildman–Crippen LogP) is 2.93. The molecule has 0 amide bonds. The van der Waals surface area contributed by atoms with E-state index in [2.05, 4.69) is 15.9 Å². The maximum atomic E-state index is 12.2. The Balaban J connectivity index is 3.10. The number of methoxy groups -OCH3 is 1. The lowest BCUT2D eigenvalue weighted by atomic mass is 10.2. The molecule has 0 unspecified atom stereocenters. The van der Waals surface area contributed by atoms with E-state index < -0.39 is 6.67 Å². The maximum absolute atomic E-state index is 12.2. The van der Waals surface area contributed by atoms with Gasteiger partial charge in [0.2, 0.25) is 0 Å². The first-order chi connectivity index (χ1) is 5.29. The van der Waals surface area contributed by atoms with Crippen LogP contribution in [0.5, 0.6) is 5.75 Å². The number of halogens is 2. The smallest absolute Gasteiger partial charge is 0.133 e. The second-order valence-electron chi connectivity index (χ2n) is 2.07. The molecule has 0 N–H and O–H groups in total. The summed E-state index contributed by atoms with van der Waals surface area (Å²) in [6, 6.07) is 5.26. The van der Waals surface area contributed by atoms with Crippen molar-refractivity contribution in [2.45, 2.75) is 6.67 Å². The van der Waals surface area contributed by atoms with E-state index in [-0.39, 0.29) is 0 Å². The molecule has 0 aromatic heterocycles. The molecule has 0 heterocycles. The summed E-state index contributed by atoms with van der Waals surface area (Å²) in [5.74, 6) is 0.667. The molecule has 1 aromatic carbocycles. The van der Waals surface area contributed by atoms with Gasteiger partial charge in [0.1, 0.15) is 12.4 Å². The molecule has 0 fully saturated rings. The van der Waals surface area contributed by atoms with Crippen molar-refractivity contribution in [2.75, 3.05) is 7.11 Å². The van der Waals surface area contributed by atoms with Gasteiger partial charge in [-0.1, -0.05) is 12.1 Å². The number of hydrogen-bond donors (Lipinski definition) is 0. The molecule has 3 heteroatoms. The summed E-state index contributed by atoms with van der Waals surface area (Å²) in [5, 5.41) is 0. The summed E-state index contributed by atoms with van der Waals surface area (Å²) in [5.41, 5.74) is 0.615. The van der Waals surface area contributed by atoms with Crippen molar-refractivity contribution in [3.05, 3.63) is 28.2 Å². The normalized spacial score (nSPS) is 9.73. The Labute approximate surface area is 73.3 Å². The molecule has 0 saturated carbocycles. The Morgan fingerprint density at radius 2 is 2.27 bits per heavy atom. The topological polar surface area (TPSA) is 9.23 Å². The fraction of sp³-hybridized carbons (Fsp3) is 0.250. The van der Waals surface area contributed by atoms with Crippen LogP contribution in [0.3, 0.4) is 0 Å². The fourth-order valence-corrected chi connectivity index (χ4v) is 1.35. The van der Waals surface area contributed by atoms with Gasteiger partial charge in [0.15, 0.2) is 0 Å². The van der Waals surface area contributed by atoms with Gasteiger partial charge in [0.05, 0.1) is 11.6 Å². The van der Waals surface area contributed by atoms with Crippen LogP contribution in [-0.2, 0) is 6.67 Å². The van der Waals surface area contributed by atoms with Gasteiger partial charge in [-0.25, -0.2) is 4.39 Å². The molecule has 0 aliphatic heterocycles. The van der Waals surface area contributed by atoms with Gasteiger partial charge in [-0.05, 0) is 22.0 Å². The SMILES string of the molecule is COc1cccc(CF)c1Br. The van der Waals surface area contributed by atoms with Crippen molar-refractivity contribution in [3.8, 4) is 5.75 Å². The van der Waals surface area contributed by atoms with Crippen LogP contribution in [-0.4, -0.2) is 7.11 Å². The lowest BCUT2D eigenvalue weighted by Crippen LogP contribution is -1.87. The quantitative estimate of drug-likeness (QED) is 0.742. The van der Waals surface area contributed by atoms with Crippen molar-refractivity contribution < 1.29 is 9.13 Å². The zero-order chi connectivity index (χ0) is 8.27. The highest BCUT2D eigenvalue weighted by Crippen LogP contribution is 2.28. The highest BCUT2D eigenvalue weighted by molar-refractivity contribution is 9.10. The zero-order valence-corrected chi connectivity index (χ0v) is 7.69. The Morgan fingerprint density at radius 3 is 2.82 bits per heavy atom. The molecule has 0 aliphatic carbocycles. The van der Waals surface area contributed by atoms with Crippen LogP contribution in [0.25, 0.3) is 0 Å². The van der Waals surface area contributed by atoms with E-state index in [1.165, 1.54) is 0 Å². The first kappa shape index (κ1) is 8.53. The number of hydrogen-bond acceptors (Lipinski definition) is 1. The van der Waals surface area contributed by atoms with Crippen molar-refractivity contribution >= 4 is 15.9 Å². The second-order valence-corrected chi connectivity index (χ2v) is 2.86. The highest BCUT2D eigenvalue weighted by atomic mass is 79.9. The molecule has 0 bridgehead atoms. The van der Waals surface area contributed by atoms with Crippen LogP contribution in [0, 0.1) is 0 Å². The Morgan fingerprint density at radius 1 is 1.55 bits per heavy atom. The third kappa shape index (κ3) is 1.71. The minimum atomic E-state index is -0.474. The van der Waals surface area contributed by atoms with E-state index in [0.29, 0.717) is 15.8 Å². The van der Waals surface area contributed by atoms with Crippen LogP contribution in [0.4, 0.5) is 4.39 Å². The molecule has 0 saturated heterocycles. The number of alkyl halides is 1. The third-order valence-electron chi connectivity index (χ3n) is 1.41. The standard InChI is InChI=1S/C8H8BrFO/c1-11-7-4-2-3-6(5-10)8(7)9/h2-4H,5H2,1H3. The molecule has 60 valence electrons. The molecule has 1 nitrogen and oxygen atoms in total. The summed E-state index contributed by atoms with van der Waals surface area (Å²) in [7, 11) is 1.56. The van der Waals surface area contributed by atoms with Crippen molar-refractivity contribution in [1.29, 1.82) is 0 Å². The molecule has 1 rings (SSSR count). The summed E-state index contributed by atoms with van der Waals surface area (Å²) < 4.78 is 17.9. The predicted molar refractivity (Wildman–Crippen MR) is 45.5 cm³/mol. The summed E-state index contributed by atoms with van der Waals surface area (Å²) in [6.45, 7) is -0.474. The second kappa shape index (κ2) is 3.72. The largest absolute Gasteiger partial charge is 0.496 e. The van der Waals surface area contributed by atoms with Crippen LogP contribution in [0.15, 0.2) is 22.7 Å². The van der Waals surface area contributed by atoms with E-state index in [1.54, 1.807) is 25.3 Å². The Bertz CT molecular complexity index is 228. The van der Waals surface area contributed by atoms with Gasteiger partial charge >= 0.3 is 0 Å². The molecule has 1 aromatic rings. The molecular weight excluding hydrogens is 211 g/mol. The van der Waals surface area contributed by atoms with Crippen molar-refractivity contribution in [3.63, 3.8) is 0 Å². The average molecular weight is 219 g/mol. The minimum absolute atomic E-state index is 0.474. The van der Waals surface area contributed by atoms with Gasteiger partial charge in [-0.15, -0.1) is 0 Å². The molecule has 0 spiro atoms. The number of benzene rings is 1. The van der Waals surface area contributed by atoms with Gasteiger partial charge in [0, 0.05) is 5.56 Å². The minimum Gasteiger partial charge on any atom is -0.496 e. The van der Waals surface area contributed by atoms with Crippen LogP contribution in [0.1, 0.15) is 5.56 Å². The summed E-state index contributed by atoms with van der Waals surface area (Å²) in [6.07, 6.45) is 0. The van der Waals surface area contributed by atoms with Gasteiger partial charge in [-0.3, -0.25) is 0 Å². The van der Waals surface area contributed by atoms with Gasteiger partial charge in [-0.2, -0.15) is 0 Å². The van der Waals surface area contributed by atoms with Crippen LogP contribution >= 0.6 is 15.9 Å². The van der Waals surface area contributed by atoms with Crippen molar-refractivity contribution in [1.82, 2.24) is 0 Å². The molecule has 0 atom stereocenters. The van der Waals surface area contributed by atoms with Gasteiger partial charge < -0.3 is 4.74 Å². The van der Waals surface area contributed by atoms with E-state index in [9.17, 15) is 4.39 Å². The lowest BCUT2D eigenvalue weighted by Gasteiger charge is -2.04. The maximum Gasteiger partial charge on any atom is 0.133 e. The monoisotopic (exact) mass is 218 g/mol. The molecule has 11 heavy (non-hydrogen) atoms. The first-order valence-corrected chi connectivity index (χ1v) is 3.96. The lowest BCUT2D eigenvalue weighted by molar-refractivity contribution is 0.408. The Hall–Kier alpha value is -0.570. The van der Waals surface area contributed by atoms with Gasteiger partial charge in [0.25, 0.3) is 0 Å². The first-order valence-electron chi connectivity index (χ1n) is 3.17. The highest BCUT2D eigenvalue weighted by Gasteiger charge is 2.03. The van der Waals surface area contributed by atoms with E-state index >= 15 is 0 Å². The van der Waals surface area contributed by atoms with E-state index in [4.69, 9.17) is 4.74 Å². The number of ether oxygens (including phenoxy) is 1. The molecular formula is C8H8BrFO. The van der Waals surface area contributed by atoms with Crippen molar-refractivity contribution in [2.24, 2.45) is 0 Å². The zero-order valence-electron chi connectivity index (χ0n) is 6.10. The van der Waals surface area contributed by atoms with E-state index in [1.807, 2.05) is 0 Å². The number of rotatable bonds is 2. The van der Waals surface area contributed by atoms with Crippen LogP contribution < -0.4 is 4.74 Å². The average Bonchev–Trinajstić information content (AvgIpc) is 2.05. The summed E-state index contributed by atoms with van der Waals surface area (Å²) >= 11 is 3.24. The molecule has 0 radical (unpaired) electrons. The summed E-state index contributed by atoms with van der Waals surface area (Å²) in [4.78, 5) is 0. The Kier molecular flexibility index (Phi) is 2.88.